The molecule has 0 fully saturated rings. The number of carbonyl (C=O) groups excluding carboxylic acids is 2. The van der Waals surface area contributed by atoms with Crippen molar-refractivity contribution in [3.8, 4) is 5.75 Å². The third kappa shape index (κ3) is 4.31. The number of rotatable bonds is 6. The Hall–Kier alpha value is -2.93. The van der Waals surface area contributed by atoms with Gasteiger partial charge in [0.15, 0.2) is 18.3 Å². The molecule has 1 aliphatic carbocycles. The van der Waals surface area contributed by atoms with E-state index in [2.05, 4.69) is 10.3 Å². The number of thiazole rings is 1. The number of nitrogens with zero attached hydrogens (tertiary/aromatic N) is 1. The highest BCUT2D eigenvalue weighted by molar-refractivity contribution is 7.22. The van der Waals surface area contributed by atoms with Crippen LogP contribution >= 0.6 is 11.3 Å². The molecule has 6 nitrogen and oxygen atoms in total. The van der Waals surface area contributed by atoms with Crippen molar-refractivity contribution >= 4 is 38.6 Å². The van der Waals surface area contributed by atoms with E-state index in [4.69, 9.17) is 9.47 Å². The standard InChI is InChI=1S/C21H20N2O4S/c1-13-5-8-17-18(9-13)28-21(22-17)23-19(24)11-27-20(25)12-26-16-7-6-14-3-2-4-15(14)10-16/h5-10H,2-4,11-12H2,1H3,(H,22,23,24). The number of aryl methyl sites for hydroxylation is 3. The van der Waals surface area contributed by atoms with Gasteiger partial charge >= 0.3 is 5.97 Å². The fraction of sp³-hybridized carbons (Fsp3) is 0.286. The van der Waals surface area contributed by atoms with Gasteiger partial charge < -0.3 is 9.47 Å². The lowest BCUT2D eigenvalue weighted by Gasteiger charge is -2.08. The molecule has 0 unspecified atom stereocenters. The van der Waals surface area contributed by atoms with Gasteiger partial charge in [-0.3, -0.25) is 10.1 Å². The average molecular weight is 396 g/mol. The first-order chi connectivity index (χ1) is 13.6. The summed E-state index contributed by atoms with van der Waals surface area (Å²) in [6.45, 7) is 1.40. The van der Waals surface area contributed by atoms with Crippen LogP contribution in [-0.4, -0.2) is 30.1 Å². The molecule has 1 aliphatic rings. The van der Waals surface area contributed by atoms with E-state index in [1.807, 2.05) is 43.3 Å². The Bertz CT molecular complexity index is 1040. The van der Waals surface area contributed by atoms with Crippen molar-refractivity contribution in [1.82, 2.24) is 4.98 Å². The Morgan fingerprint density at radius 2 is 1.96 bits per heavy atom. The highest BCUT2D eigenvalue weighted by Gasteiger charge is 2.14. The molecule has 144 valence electrons. The highest BCUT2D eigenvalue weighted by Crippen LogP contribution is 2.27. The lowest BCUT2D eigenvalue weighted by molar-refractivity contribution is -0.149. The van der Waals surface area contributed by atoms with Crippen molar-refractivity contribution in [2.45, 2.75) is 26.2 Å². The summed E-state index contributed by atoms with van der Waals surface area (Å²) in [5, 5.41) is 3.14. The summed E-state index contributed by atoms with van der Waals surface area (Å²) < 4.78 is 11.5. The van der Waals surface area contributed by atoms with Crippen LogP contribution in [0.4, 0.5) is 5.13 Å². The lowest BCUT2D eigenvalue weighted by Crippen LogP contribution is -2.23. The number of amides is 1. The molecule has 0 atom stereocenters. The fourth-order valence-corrected chi connectivity index (χ4v) is 4.19. The van der Waals surface area contributed by atoms with E-state index in [-0.39, 0.29) is 13.2 Å². The van der Waals surface area contributed by atoms with Crippen LogP contribution in [0.3, 0.4) is 0 Å². The van der Waals surface area contributed by atoms with E-state index in [0.29, 0.717) is 10.9 Å². The van der Waals surface area contributed by atoms with Crippen molar-refractivity contribution in [2.24, 2.45) is 0 Å². The molecule has 3 aromatic rings. The molecule has 1 aromatic heterocycles. The van der Waals surface area contributed by atoms with Crippen LogP contribution in [-0.2, 0) is 27.2 Å². The normalized spacial score (nSPS) is 12.6. The summed E-state index contributed by atoms with van der Waals surface area (Å²) in [6, 6.07) is 11.8. The number of carbonyl (C=O) groups is 2. The fourth-order valence-electron chi connectivity index (χ4n) is 3.21. The van der Waals surface area contributed by atoms with E-state index < -0.39 is 11.9 Å². The second kappa shape index (κ2) is 7.98. The maximum absolute atomic E-state index is 12.0. The van der Waals surface area contributed by atoms with Crippen molar-refractivity contribution < 1.29 is 19.1 Å². The number of benzene rings is 2. The number of ether oxygens (including phenoxy) is 2. The highest BCUT2D eigenvalue weighted by atomic mass is 32.1. The van der Waals surface area contributed by atoms with Crippen molar-refractivity contribution in [2.75, 3.05) is 18.5 Å². The van der Waals surface area contributed by atoms with Gasteiger partial charge in [0.1, 0.15) is 5.75 Å². The number of esters is 1. The van der Waals surface area contributed by atoms with Gasteiger partial charge in [0, 0.05) is 0 Å². The van der Waals surface area contributed by atoms with Gasteiger partial charge in [0.05, 0.1) is 10.2 Å². The van der Waals surface area contributed by atoms with Crippen LogP contribution < -0.4 is 10.1 Å². The first-order valence-electron chi connectivity index (χ1n) is 9.14. The molecular formula is C21H20N2O4S. The minimum atomic E-state index is -0.587. The summed E-state index contributed by atoms with van der Waals surface area (Å²) in [4.78, 5) is 28.2. The monoisotopic (exact) mass is 396 g/mol. The van der Waals surface area contributed by atoms with E-state index in [1.165, 1.54) is 22.5 Å². The average Bonchev–Trinajstić information content (AvgIpc) is 3.29. The third-order valence-corrected chi connectivity index (χ3v) is 5.51. The zero-order chi connectivity index (χ0) is 19.5. The summed E-state index contributed by atoms with van der Waals surface area (Å²) in [7, 11) is 0. The number of hydrogen-bond donors (Lipinski definition) is 1. The van der Waals surface area contributed by atoms with Crippen LogP contribution in [0.1, 0.15) is 23.1 Å². The zero-order valence-corrected chi connectivity index (χ0v) is 16.3. The van der Waals surface area contributed by atoms with Crippen LogP contribution in [0, 0.1) is 6.92 Å². The largest absolute Gasteiger partial charge is 0.482 e. The molecule has 28 heavy (non-hydrogen) atoms. The Balaban J connectivity index is 1.24. The Labute approximate surface area is 166 Å². The molecule has 2 aromatic carbocycles. The summed E-state index contributed by atoms with van der Waals surface area (Å²) >= 11 is 1.38. The Morgan fingerprint density at radius 1 is 1.11 bits per heavy atom. The minimum absolute atomic E-state index is 0.230. The van der Waals surface area contributed by atoms with Crippen molar-refractivity contribution in [3.63, 3.8) is 0 Å². The molecule has 7 heteroatoms. The van der Waals surface area contributed by atoms with Crippen LogP contribution in [0.2, 0.25) is 0 Å². The predicted molar refractivity (Wildman–Crippen MR) is 108 cm³/mol. The van der Waals surface area contributed by atoms with Gasteiger partial charge in [0.25, 0.3) is 5.91 Å². The molecule has 0 bridgehead atoms. The first kappa shape index (κ1) is 18.4. The lowest BCUT2D eigenvalue weighted by atomic mass is 10.1. The van der Waals surface area contributed by atoms with Crippen molar-refractivity contribution in [3.05, 3.63) is 53.1 Å². The SMILES string of the molecule is Cc1ccc2nc(NC(=O)COC(=O)COc3ccc4c(c3)CCC4)sc2c1. The first-order valence-corrected chi connectivity index (χ1v) is 9.96. The summed E-state index contributed by atoms with van der Waals surface area (Å²) in [5.41, 5.74) is 4.57. The molecule has 0 saturated carbocycles. The van der Waals surface area contributed by atoms with E-state index in [0.717, 1.165) is 35.0 Å². The molecular weight excluding hydrogens is 376 g/mol. The van der Waals surface area contributed by atoms with Crippen LogP contribution in [0.15, 0.2) is 36.4 Å². The molecule has 0 saturated heterocycles. The number of anilines is 1. The number of fused-ring (bicyclic) bond motifs is 2. The van der Waals surface area contributed by atoms with Gasteiger partial charge in [-0.1, -0.05) is 23.5 Å². The van der Waals surface area contributed by atoms with Crippen LogP contribution in [0.25, 0.3) is 10.2 Å². The predicted octanol–water partition coefficient (Wildman–Crippen LogP) is 3.65. The van der Waals surface area contributed by atoms with Gasteiger partial charge in [-0.15, -0.1) is 0 Å². The summed E-state index contributed by atoms with van der Waals surface area (Å²) in [5.74, 6) is -0.371. The molecule has 0 aliphatic heterocycles. The van der Waals surface area contributed by atoms with E-state index in [9.17, 15) is 9.59 Å². The van der Waals surface area contributed by atoms with Gasteiger partial charge in [-0.2, -0.15) is 0 Å². The second-order valence-corrected chi connectivity index (χ2v) is 7.80. The number of hydrogen-bond acceptors (Lipinski definition) is 6. The van der Waals surface area contributed by atoms with E-state index in [1.54, 1.807) is 0 Å². The zero-order valence-electron chi connectivity index (χ0n) is 15.5. The van der Waals surface area contributed by atoms with Crippen LogP contribution in [0.5, 0.6) is 5.75 Å². The smallest absolute Gasteiger partial charge is 0.344 e. The van der Waals surface area contributed by atoms with E-state index >= 15 is 0 Å². The quantitative estimate of drug-likeness (QED) is 0.644. The molecule has 1 N–H and O–H groups in total. The molecule has 0 spiro atoms. The number of aromatic nitrogens is 1. The van der Waals surface area contributed by atoms with Gasteiger partial charge in [-0.25, -0.2) is 9.78 Å². The molecule has 1 heterocycles. The minimum Gasteiger partial charge on any atom is -0.482 e. The maximum Gasteiger partial charge on any atom is 0.344 e. The topological polar surface area (TPSA) is 77.5 Å². The molecule has 0 radical (unpaired) electrons. The van der Waals surface area contributed by atoms with Gasteiger partial charge in [-0.05, 0) is 67.1 Å². The molecule has 1 amide bonds. The Morgan fingerprint density at radius 3 is 2.86 bits per heavy atom. The third-order valence-electron chi connectivity index (χ3n) is 4.58. The Kier molecular flexibility index (Phi) is 5.25. The second-order valence-electron chi connectivity index (χ2n) is 6.77. The molecule has 4 rings (SSSR count). The summed E-state index contributed by atoms with van der Waals surface area (Å²) in [6.07, 6.45) is 3.30. The maximum atomic E-state index is 12.0. The van der Waals surface area contributed by atoms with Crippen molar-refractivity contribution in [1.29, 1.82) is 0 Å². The number of nitrogens with one attached hydrogen (secondary N) is 1. The van der Waals surface area contributed by atoms with Gasteiger partial charge in [0.2, 0.25) is 0 Å².